The fourth-order valence-electron chi connectivity index (χ4n) is 0.994. The van der Waals surface area contributed by atoms with Crippen molar-refractivity contribution in [1.29, 1.82) is 0 Å². The molecule has 0 bridgehead atoms. The molecule has 0 aliphatic heterocycles. The van der Waals surface area contributed by atoms with E-state index in [9.17, 15) is 0 Å². The van der Waals surface area contributed by atoms with Crippen LogP contribution in [0, 0.1) is 0 Å². The normalized spacial score (nSPS) is 9.50. The van der Waals surface area contributed by atoms with Gasteiger partial charge in [-0.25, -0.2) is 0 Å². The predicted molar refractivity (Wildman–Crippen MR) is 50.6 cm³/mol. The van der Waals surface area contributed by atoms with Crippen LogP contribution in [0.2, 0.25) is 0 Å². The number of hydrogen-bond donors (Lipinski definition) is 3. The second-order valence-electron chi connectivity index (χ2n) is 2.58. The van der Waals surface area contributed by atoms with Crippen LogP contribution in [0.5, 0.6) is 0 Å². The van der Waals surface area contributed by atoms with Crippen LogP contribution in [-0.4, -0.2) is 11.8 Å². The van der Waals surface area contributed by atoms with Crippen molar-refractivity contribution < 1.29 is 5.21 Å². The van der Waals surface area contributed by atoms with Gasteiger partial charge in [-0.05, 0) is 18.6 Å². The zero-order valence-electron chi connectivity index (χ0n) is 7.17. The fourth-order valence-corrected chi connectivity index (χ4v) is 0.994. The molecule has 0 fully saturated rings. The molecule has 0 saturated carbocycles. The first-order chi connectivity index (χ1) is 5.88. The van der Waals surface area contributed by atoms with Crippen molar-refractivity contribution in [2.24, 2.45) is 0 Å². The lowest BCUT2D eigenvalue weighted by molar-refractivity contribution is 0.389. The Morgan fingerprint density at radius 3 is 2.50 bits per heavy atom. The molecule has 12 heavy (non-hydrogen) atoms. The Bertz CT molecular complexity index is 238. The van der Waals surface area contributed by atoms with Crippen LogP contribution < -0.4 is 10.8 Å². The van der Waals surface area contributed by atoms with Gasteiger partial charge in [-0.3, -0.25) is 10.7 Å². The second-order valence-corrected chi connectivity index (χ2v) is 2.58. The molecule has 0 aliphatic rings. The van der Waals surface area contributed by atoms with Crippen molar-refractivity contribution in [3.63, 3.8) is 0 Å². The minimum Gasteiger partial charge on any atom is -0.383 e. The van der Waals surface area contributed by atoms with E-state index in [2.05, 4.69) is 17.7 Å². The van der Waals surface area contributed by atoms with E-state index >= 15 is 0 Å². The lowest BCUT2D eigenvalue weighted by atomic mass is 10.2. The average Bonchev–Trinajstić information content (AvgIpc) is 2.15. The van der Waals surface area contributed by atoms with E-state index in [0.29, 0.717) is 5.69 Å². The second kappa shape index (κ2) is 4.62. The van der Waals surface area contributed by atoms with Crippen molar-refractivity contribution >= 4 is 11.4 Å². The molecule has 0 aromatic heterocycles. The van der Waals surface area contributed by atoms with Crippen LogP contribution in [-0.2, 0) is 0 Å². The van der Waals surface area contributed by atoms with Crippen molar-refractivity contribution in [3.05, 3.63) is 24.3 Å². The van der Waals surface area contributed by atoms with Crippen molar-refractivity contribution in [2.75, 3.05) is 17.3 Å². The van der Waals surface area contributed by atoms with Gasteiger partial charge in [-0.1, -0.05) is 19.1 Å². The van der Waals surface area contributed by atoms with Gasteiger partial charge in [0.15, 0.2) is 0 Å². The summed E-state index contributed by atoms with van der Waals surface area (Å²) in [6.45, 7) is 3.01. The van der Waals surface area contributed by atoms with Gasteiger partial charge in [0, 0.05) is 6.54 Å². The summed E-state index contributed by atoms with van der Waals surface area (Å²) >= 11 is 0. The minimum atomic E-state index is 0.714. The molecule has 0 atom stereocenters. The summed E-state index contributed by atoms with van der Waals surface area (Å²) in [5.41, 5.74) is 3.79. The van der Waals surface area contributed by atoms with E-state index in [1.165, 1.54) is 0 Å². The van der Waals surface area contributed by atoms with Gasteiger partial charge in [0.2, 0.25) is 0 Å². The SMILES string of the molecule is CCCNc1ccccc1NO. The van der Waals surface area contributed by atoms with Gasteiger partial charge < -0.3 is 5.32 Å². The Kier molecular flexibility index (Phi) is 3.41. The van der Waals surface area contributed by atoms with Crippen LogP contribution in [0.25, 0.3) is 0 Å². The van der Waals surface area contributed by atoms with E-state index in [1.54, 1.807) is 0 Å². The molecule has 0 aliphatic carbocycles. The first kappa shape index (κ1) is 8.87. The zero-order chi connectivity index (χ0) is 8.81. The maximum atomic E-state index is 8.73. The summed E-state index contributed by atoms with van der Waals surface area (Å²) in [5, 5.41) is 11.9. The molecule has 0 unspecified atom stereocenters. The minimum absolute atomic E-state index is 0.714. The average molecular weight is 166 g/mol. The number of rotatable bonds is 4. The lowest BCUT2D eigenvalue weighted by Crippen LogP contribution is -2.02. The quantitative estimate of drug-likeness (QED) is 0.601. The summed E-state index contributed by atoms with van der Waals surface area (Å²) < 4.78 is 0. The predicted octanol–water partition coefficient (Wildman–Crippen LogP) is 2.31. The molecule has 0 heterocycles. The summed E-state index contributed by atoms with van der Waals surface area (Å²) in [5.74, 6) is 0. The first-order valence-corrected chi connectivity index (χ1v) is 4.11. The molecular weight excluding hydrogens is 152 g/mol. The van der Waals surface area contributed by atoms with E-state index in [-0.39, 0.29) is 0 Å². The molecule has 3 N–H and O–H groups in total. The third-order valence-corrected chi connectivity index (χ3v) is 1.61. The number of para-hydroxylation sites is 2. The Morgan fingerprint density at radius 1 is 1.25 bits per heavy atom. The largest absolute Gasteiger partial charge is 0.383 e. The van der Waals surface area contributed by atoms with E-state index < -0.39 is 0 Å². The summed E-state index contributed by atoms with van der Waals surface area (Å²) in [7, 11) is 0. The highest BCUT2D eigenvalue weighted by atomic mass is 16.5. The Balaban J connectivity index is 2.68. The third kappa shape index (κ3) is 2.13. The molecule has 0 amide bonds. The molecule has 0 spiro atoms. The number of nitrogens with one attached hydrogen (secondary N) is 2. The molecule has 0 radical (unpaired) electrons. The first-order valence-electron chi connectivity index (χ1n) is 4.11. The standard InChI is InChI=1S/C9H14N2O/c1-2-7-10-8-5-3-4-6-9(8)11-12/h3-6,10-12H,2,7H2,1H3. The van der Waals surface area contributed by atoms with Crippen LogP contribution in [0.3, 0.4) is 0 Å². The Morgan fingerprint density at radius 2 is 1.92 bits per heavy atom. The number of hydrogen-bond acceptors (Lipinski definition) is 3. The van der Waals surface area contributed by atoms with E-state index in [0.717, 1.165) is 18.7 Å². The van der Waals surface area contributed by atoms with Crippen LogP contribution in [0.1, 0.15) is 13.3 Å². The molecule has 66 valence electrons. The Labute approximate surface area is 72.4 Å². The summed E-state index contributed by atoms with van der Waals surface area (Å²) in [4.78, 5) is 0. The van der Waals surface area contributed by atoms with Crippen LogP contribution in [0.4, 0.5) is 11.4 Å². The maximum absolute atomic E-state index is 8.73. The molecule has 1 aromatic carbocycles. The monoisotopic (exact) mass is 166 g/mol. The van der Waals surface area contributed by atoms with Gasteiger partial charge in [0.1, 0.15) is 0 Å². The van der Waals surface area contributed by atoms with Crippen LogP contribution in [0.15, 0.2) is 24.3 Å². The van der Waals surface area contributed by atoms with Gasteiger partial charge in [-0.2, -0.15) is 0 Å². The fraction of sp³-hybridized carbons (Fsp3) is 0.333. The maximum Gasteiger partial charge on any atom is 0.0833 e. The number of anilines is 2. The smallest absolute Gasteiger partial charge is 0.0833 e. The van der Waals surface area contributed by atoms with Gasteiger partial charge in [0.05, 0.1) is 11.4 Å². The molecular formula is C9H14N2O. The topological polar surface area (TPSA) is 44.3 Å². The highest BCUT2D eigenvalue weighted by Crippen LogP contribution is 2.19. The van der Waals surface area contributed by atoms with E-state index in [4.69, 9.17) is 5.21 Å². The molecule has 1 rings (SSSR count). The van der Waals surface area contributed by atoms with Gasteiger partial charge >= 0.3 is 0 Å². The third-order valence-electron chi connectivity index (χ3n) is 1.61. The molecule has 1 aromatic rings. The van der Waals surface area contributed by atoms with Crippen LogP contribution >= 0.6 is 0 Å². The summed E-state index contributed by atoms with van der Waals surface area (Å²) in [6, 6.07) is 7.54. The highest BCUT2D eigenvalue weighted by molar-refractivity contribution is 5.67. The number of benzene rings is 1. The van der Waals surface area contributed by atoms with Crippen molar-refractivity contribution in [3.8, 4) is 0 Å². The molecule has 3 heteroatoms. The Hall–Kier alpha value is -1.22. The zero-order valence-corrected chi connectivity index (χ0v) is 7.17. The molecule has 0 saturated heterocycles. The van der Waals surface area contributed by atoms with Gasteiger partial charge in [0.25, 0.3) is 0 Å². The van der Waals surface area contributed by atoms with E-state index in [1.807, 2.05) is 24.3 Å². The molecule has 3 nitrogen and oxygen atoms in total. The summed E-state index contributed by atoms with van der Waals surface area (Å²) in [6.07, 6.45) is 1.07. The van der Waals surface area contributed by atoms with Crippen molar-refractivity contribution in [1.82, 2.24) is 0 Å². The van der Waals surface area contributed by atoms with Crippen molar-refractivity contribution in [2.45, 2.75) is 13.3 Å². The highest BCUT2D eigenvalue weighted by Gasteiger charge is 1.96. The lowest BCUT2D eigenvalue weighted by Gasteiger charge is -2.08. The van der Waals surface area contributed by atoms with Gasteiger partial charge in [-0.15, -0.1) is 0 Å².